The molecule has 0 bridgehead atoms. The highest BCUT2D eigenvalue weighted by molar-refractivity contribution is 5.81. The van der Waals surface area contributed by atoms with E-state index in [-0.39, 0.29) is 17.9 Å². The summed E-state index contributed by atoms with van der Waals surface area (Å²) in [5.74, 6) is -0.195. The van der Waals surface area contributed by atoms with Gasteiger partial charge in [-0.3, -0.25) is 4.79 Å². The average molecular weight is 330 g/mol. The first-order valence-corrected chi connectivity index (χ1v) is 8.07. The number of carbonyl (C=O) groups is 2. The molecule has 1 saturated heterocycles. The van der Waals surface area contributed by atoms with Crippen molar-refractivity contribution in [2.75, 3.05) is 27.2 Å². The molecule has 1 aliphatic rings. The number of fused-ring (bicyclic) bond motifs is 1. The summed E-state index contributed by atoms with van der Waals surface area (Å²) in [5.41, 5.74) is 1.62. The molecule has 0 radical (unpaired) electrons. The minimum atomic E-state index is -0.169. The molecule has 1 atom stereocenters. The number of carbonyl (C=O) groups excluding carboxylic acids is 2. The highest BCUT2D eigenvalue weighted by atomic mass is 16.2. The van der Waals surface area contributed by atoms with Crippen molar-refractivity contribution < 1.29 is 9.59 Å². The van der Waals surface area contributed by atoms with Crippen LogP contribution in [0.3, 0.4) is 0 Å². The van der Waals surface area contributed by atoms with Crippen molar-refractivity contribution in [3.8, 4) is 0 Å². The summed E-state index contributed by atoms with van der Waals surface area (Å²) in [6, 6.07) is 1.76. The molecule has 2 aromatic rings. The van der Waals surface area contributed by atoms with Gasteiger partial charge in [0.05, 0.1) is 12.1 Å². The number of amides is 3. The zero-order valence-electron chi connectivity index (χ0n) is 14.0. The molecular weight excluding hydrogens is 308 g/mol. The predicted octanol–water partition coefficient (Wildman–Crippen LogP) is 0.739. The van der Waals surface area contributed by atoms with Gasteiger partial charge in [-0.05, 0) is 18.9 Å². The molecule has 128 valence electrons. The van der Waals surface area contributed by atoms with E-state index in [0.29, 0.717) is 19.6 Å². The largest absolute Gasteiger partial charge is 0.352 e. The molecule has 3 amide bonds. The van der Waals surface area contributed by atoms with E-state index < -0.39 is 0 Å². The molecule has 3 rings (SSSR count). The quantitative estimate of drug-likeness (QED) is 0.900. The third kappa shape index (κ3) is 3.32. The second-order valence-electron chi connectivity index (χ2n) is 6.24. The van der Waals surface area contributed by atoms with Gasteiger partial charge in [-0.25, -0.2) is 14.3 Å². The molecule has 24 heavy (non-hydrogen) atoms. The fourth-order valence-corrected chi connectivity index (χ4v) is 2.98. The molecule has 0 aliphatic carbocycles. The highest BCUT2D eigenvalue weighted by Crippen LogP contribution is 2.18. The Morgan fingerprint density at radius 3 is 3.04 bits per heavy atom. The van der Waals surface area contributed by atoms with Gasteiger partial charge in [0.2, 0.25) is 5.91 Å². The van der Waals surface area contributed by atoms with E-state index in [4.69, 9.17) is 0 Å². The number of nitrogens with one attached hydrogen (secondary N) is 1. The van der Waals surface area contributed by atoms with Crippen molar-refractivity contribution in [2.45, 2.75) is 19.4 Å². The molecule has 1 N–H and O–H groups in total. The molecule has 1 fully saturated rings. The molecule has 8 nitrogen and oxygen atoms in total. The first kappa shape index (κ1) is 16.2. The number of nitrogens with zero attached hydrogens (tertiary/aromatic N) is 5. The summed E-state index contributed by atoms with van der Waals surface area (Å²) in [6.07, 6.45) is 6.88. The zero-order chi connectivity index (χ0) is 17.1. The van der Waals surface area contributed by atoms with Gasteiger partial charge < -0.3 is 15.1 Å². The number of hydrogen-bond acceptors (Lipinski definition) is 4. The molecule has 1 aliphatic heterocycles. The van der Waals surface area contributed by atoms with Crippen molar-refractivity contribution >= 4 is 17.6 Å². The second kappa shape index (κ2) is 6.86. The summed E-state index contributed by atoms with van der Waals surface area (Å²) in [6.45, 7) is 1.56. The van der Waals surface area contributed by atoms with Crippen LogP contribution in [0.25, 0.3) is 5.65 Å². The smallest absolute Gasteiger partial charge is 0.319 e. The van der Waals surface area contributed by atoms with Crippen LogP contribution in [0, 0.1) is 5.92 Å². The van der Waals surface area contributed by atoms with Crippen LogP contribution < -0.4 is 5.32 Å². The fraction of sp³-hybridized carbons (Fsp3) is 0.500. The maximum Gasteiger partial charge on any atom is 0.319 e. The molecule has 3 heterocycles. The monoisotopic (exact) mass is 330 g/mol. The standard InChI is InChI=1S/C16H22N6O2/c1-20(2)16(24)21-7-3-5-12(11-21)15(23)18-9-13-10-19-22-8-4-6-17-14(13)22/h4,6,8,10,12H,3,5,7,9,11H2,1-2H3,(H,18,23)/t12-/m1/s1. The van der Waals surface area contributed by atoms with E-state index in [2.05, 4.69) is 15.4 Å². The van der Waals surface area contributed by atoms with Gasteiger partial charge in [-0.15, -0.1) is 0 Å². The lowest BCUT2D eigenvalue weighted by atomic mass is 9.97. The van der Waals surface area contributed by atoms with Gasteiger partial charge in [-0.2, -0.15) is 5.10 Å². The summed E-state index contributed by atoms with van der Waals surface area (Å²) < 4.78 is 1.68. The van der Waals surface area contributed by atoms with E-state index in [0.717, 1.165) is 24.1 Å². The maximum absolute atomic E-state index is 12.5. The lowest BCUT2D eigenvalue weighted by Crippen LogP contribution is -2.48. The Bertz CT molecular complexity index is 741. The molecule has 0 spiro atoms. The van der Waals surface area contributed by atoms with Crippen LogP contribution in [0.15, 0.2) is 24.7 Å². The van der Waals surface area contributed by atoms with E-state index in [1.807, 2.05) is 6.20 Å². The first-order valence-electron chi connectivity index (χ1n) is 8.07. The Morgan fingerprint density at radius 2 is 2.25 bits per heavy atom. The highest BCUT2D eigenvalue weighted by Gasteiger charge is 2.29. The lowest BCUT2D eigenvalue weighted by molar-refractivity contribution is -0.126. The summed E-state index contributed by atoms with van der Waals surface area (Å²) in [5, 5.41) is 7.16. The van der Waals surface area contributed by atoms with Crippen LogP contribution in [0.5, 0.6) is 0 Å². The van der Waals surface area contributed by atoms with Crippen LogP contribution in [0.2, 0.25) is 0 Å². The van der Waals surface area contributed by atoms with Gasteiger partial charge in [0, 0.05) is 51.7 Å². The zero-order valence-corrected chi connectivity index (χ0v) is 14.0. The first-order chi connectivity index (χ1) is 11.6. The Morgan fingerprint density at radius 1 is 1.42 bits per heavy atom. The Hall–Kier alpha value is -2.64. The third-order valence-corrected chi connectivity index (χ3v) is 4.25. The maximum atomic E-state index is 12.5. The summed E-state index contributed by atoms with van der Waals surface area (Å²) >= 11 is 0. The normalized spacial score (nSPS) is 17.8. The van der Waals surface area contributed by atoms with E-state index >= 15 is 0 Å². The van der Waals surface area contributed by atoms with Crippen LogP contribution in [-0.2, 0) is 11.3 Å². The minimum absolute atomic E-state index is 0.0264. The number of rotatable bonds is 3. The number of likely N-dealkylation sites (tertiary alicyclic amines) is 1. The molecule has 0 aromatic carbocycles. The van der Waals surface area contributed by atoms with Crippen molar-refractivity contribution in [1.29, 1.82) is 0 Å². The van der Waals surface area contributed by atoms with Crippen LogP contribution in [0.1, 0.15) is 18.4 Å². The second-order valence-corrected chi connectivity index (χ2v) is 6.24. The molecule has 8 heteroatoms. The van der Waals surface area contributed by atoms with Crippen molar-refractivity contribution in [1.82, 2.24) is 29.7 Å². The third-order valence-electron chi connectivity index (χ3n) is 4.25. The average Bonchev–Trinajstić information content (AvgIpc) is 3.02. The van der Waals surface area contributed by atoms with E-state index in [1.165, 1.54) is 0 Å². The van der Waals surface area contributed by atoms with E-state index in [1.54, 1.807) is 46.9 Å². The van der Waals surface area contributed by atoms with E-state index in [9.17, 15) is 9.59 Å². The van der Waals surface area contributed by atoms with Gasteiger partial charge in [0.25, 0.3) is 0 Å². The van der Waals surface area contributed by atoms with Crippen LogP contribution >= 0.6 is 0 Å². The number of aromatic nitrogens is 3. The Kier molecular flexibility index (Phi) is 4.64. The lowest BCUT2D eigenvalue weighted by Gasteiger charge is -2.33. The van der Waals surface area contributed by atoms with Gasteiger partial charge in [0.1, 0.15) is 0 Å². The topological polar surface area (TPSA) is 82.8 Å². The number of urea groups is 1. The number of hydrogen-bond donors (Lipinski definition) is 1. The van der Waals surface area contributed by atoms with Gasteiger partial charge in [-0.1, -0.05) is 0 Å². The van der Waals surface area contributed by atoms with Crippen LogP contribution in [-0.4, -0.2) is 63.5 Å². The fourth-order valence-electron chi connectivity index (χ4n) is 2.98. The minimum Gasteiger partial charge on any atom is -0.352 e. The van der Waals surface area contributed by atoms with Gasteiger partial charge in [0.15, 0.2) is 5.65 Å². The summed E-state index contributed by atoms with van der Waals surface area (Å²) in [7, 11) is 3.45. The summed E-state index contributed by atoms with van der Waals surface area (Å²) in [4.78, 5) is 32.1. The van der Waals surface area contributed by atoms with Crippen LogP contribution in [0.4, 0.5) is 4.79 Å². The molecule has 0 saturated carbocycles. The van der Waals surface area contributed by atoms with Gasteiger partial charge >= 0.3 is 6.03 Å². The Balaban J connectivity index is 1.59. The van der Waals surface area contributed by atoms with Crippen molar-refractivity contribution in [2.24, 2.45) is 5.92 Å². The Labute approximate surface area is 140 Å². The molecule has 0 unspecified atom stereocenters. The predicted molar refractivity (Wildman–Crippen MR) is 88.2 cm³/mol. The number of piperidine rings is 1. The van der Waals surface area contributed by atoms with Crippen molar-refractivity contribution in [3.05, 3.63) is 30.2 Å². The molecule has 2 aromatic heterocycles. The van der Waals surface area contributed by atoms with Crippen molar-refractivity contribution in [3.63, 3.8) is 0 Å². The molecular formula is C16H22N6O2. The SMILES string of the molecule is CN(C)C(=O)N1CCC[C@@H](C(=O)NCc2cnn3cccnc23)C1.